The fraction of sp³-hybridized carbons (Fsp3) is 0.235. The van der Waals surface area contributed by atoms with E-state index in [-0.39, 0.29) is 5.75 Å². The summed E-state index contributed by atoms with van der Waals surface area (Å²) >= 11 is 0. The van der Waals surface area contributed by atoms with Crippen molar-refractivity contribution >= 4 is 22.8 Å². The monoisotopic (exact) mass is 342 g/mol. The molecule has 0 spiro atoms. The molecule has 2 aromatic carbocycles. The van der Waals surface area contributed by atoms with Gasteiger partial charge in [-0.15, -0.1) is 0 Å². The minimum atomic E-state index is -4.20. The summed E-state index contributed by atoms with van der Waals surface area (Å²) < 4.78 is 59.2. The van der Waals surface area contributed by atoms with Crippen LogP contribution in [0.25, 0.3) is 16.8 Å². The van der Waals surface area contributed by atoms with Crippen molar-refractivity contribution in [2.24, 2.45) is 0 Å². The van der Waals surface area contributed by atoms with Gasteiger partial charge in [-0.3, -0.25) is 0 Å². The number of hydrogen-bond acceptors (Lipinski definition) is 3. The van der Waals surface area contributed by atoms with E-state index in [2.05, 4.69) is 4.74 Å². The summed E-state index contributed by atoms with van der Waals surface area (Å²) in [6.07, 6.45) is -0.939. The van der Waals surface area contributed by atoms with Crippen LogP contribution in [-0.4, -0.2) is 32.0 Å². The average Bonchev–Trinajstić information content (AvgIpc) is 2.57. The van der Waals surface area contributed by atoms with Crippen molar-refractivity contribution in [1.29, 1.82) is 0 Å². The van der Waals surface area contributed by atoms with Crippen molar-refractivity contribution in [3.05, 3.63) is 48.0 Å². The third-order valence-corrected chi connectivity index (χ3v) is 3.20. The van der Waals surface area contributed by atoms with Gasteiger partial charge in [0.05, 0.1) is 7.11 Å². The zero-order valence-corrected chi connectivity index (χ0v) is 12.6. The zero-order chi connectivity index (χ0) is 17.7. The highest BCUT2D eigenvalue weighted by Gasteiger charge is 2.41. The lowest BCUT2D eigenvalue weighted by atomic mass is 10.1. The molecule has 0 atom stereocenters. The molecule has 128 valence electrons. The van der Waals surface area contributed by atoms with Crippen molar-refractivity contribution in [1.82, 2.24) is 0 Å². The summed E-state index contributed by atoms with van der Waals surface area (Å²) in [6.45, 7) is -1.39. The number of esters is 1. The van der Waals surface area contributed by atoms with Gasteiger partial charge in [0.15, 0.2) is 6.61 Å². The Kier molecular flexibility index (Phi) is 5.43. The van der Waals surface area contributed by atoms with Crippen LogP contribution in [0.3, 0.4) is 0 Å². The first-order chi connectivity index (χ1) is 11.3. The molecule has 2 aromatic rings. The number of carbonyl (C=O) groups is 1. The molecule has 24 heavy (non-hydrogen) atoms. The van der Waals surface area contributed by atoms with Gasteiger partial charge in [0.1, 0.15) is 5.75 Å². The lowest BCUT2D eigenvalue weighted by Crippen LogP contribution is -2.33. The van der Waals surface area contributed by atoms with Crippen LogP contribution in [0.1, 0.15) is 5.56 Å². The van der Waals surface area contributed by atoms with Crippen molar-refractivity contribution in [2.45, 2.75) is 12.3 Å². The second-order valence-electron chi connectivity index (χ2n) is 4.98. The van der Waals surface area contributed by atoms with Crippen LogP contribution in [0.15, 0.2) is 42.5 Å². The van der Waals surface area contributed by atoms with E-state index in [1.54, 1.807) is 30.3 Å². The largest absolute Gasteiger partial charge is 0.487 e. The molecule has 0 unspecified atom stereocenters. The van der Waals surface area contributed by atoms with Crippen LogP contribution in [0.4, 0.5) is 17.6 Å². The molecule has 0 radical (unpaired) electrons. The van der Waals surface area contributed by atoms with E-state index in [1.807, 2.05) is 0 Å². The Morgan fingerprint density at radius 2 is 1.83 bits per heavy atom. The van der Waals surface area contributed by atoms with Gasteiger partial charge in [-0.05, 0) is 40.6 Å². The number of halogens is 4. The Labute approximate surface area is 135 Å². The molecule has 0 aliphatic carbocycles. The molecule has 0 aliphatic heterocycles. The molecular weight excluding hydrogens is 328 g/mol. The Morgan fingerprint density at radius 3 is 2.50 bits per heavy atom. The Balaban J connectivity index is 2.15. The van der Waals surface area contributed by atoms with Crippen molar-refractivity contribution in [2.75, 3.05) is 13.7 Å². The fourth-order valence-electron chi connectivity index (χ4n) is 1.91. The van der Waals surface area contributed by atoms with Crippen LogP contribution in [0.2, 0.25) is 0 Å². The van der Waals surface area contributed by atoms with Crippen molar-refractivity contribution in [3.63, 3.8) is 0 Å². The Morgan fingerprint density at radius 1 is 1.17 bits per heavy atom. The van der Waals surface area contributed by atoms with Gasteiger partial charge in [-0.25, -0.2) is 13.6 Å². The molecule has 0 fully saturated rings. The van der Waals surface area contributed by atoms with Gasteiger partial charge < -0.3 is 9.47 Å². The molecule has 0 saturated heterocycles. The fourth-order valence-corrected chi connectivity index (χ4v) is 1.91. The van der Waals surface area contributed by atoms with E-state index in [9.17, 15) is 22.4 Å². The van der Waals surface area contributed by atoms with E-state index in [1.165, 1.54) is 25.3 Å². The van der Waals surface area contributed by atoms with E-state index in [4.69, 9.17) is 4.74 Å². The Hall–Kier alpha value is -2.57. The highest BCUT2D eigenvalue weighted by Crippen LogP contribution is 2.26. The molecule has 0 saturated carbocycles. The van der Waals surface area contributed by atoms with Crippen LogP contribution in [0.5, 0.6) is 5.75 Å². The maximum absolute atomic E-state index is 12.9. The number of hydrogen-bond donors (Lipinski definition) is 0. The average molecular weight is 342 g/mol. The quantitative estimate of drug-likeness (QED) is 0.446. The molecule has 2 rings (SSSR count). The second-order valence-corrected chi connectivity index (χ2v) is 4.98. The summed E-state index contributed by atoms with van der Waals surface area (Å²) in [5.41, 5.74) is 0.741. The minimum Gasteiger partial charge on any atom is -0.487 e. The molecule has 0 bridgehead atoms. The number of fused-ring (bicyclic) bond motifs is 1. The predicted octanol–water partition coefficient (Wildman–Crippen LogP) is 4.31. The first-order valence-corrected chi connectivity index (χ1v) is 6.90. The van der Waals surface area contributed by atoms with E-state index in [0.717, 1.165) is 10.9 Å². The first kappa shape index (κ1) is 17.8. The predicted molar refractivity (Wildman–Crippen MR) is 81.4 cm³/mol. The van der Waals surface area contributed by atoms with E-state index >= 15 is 0 Å². The number of methoxy groups -OCH3 is 1. The molecule has 7 heteroatoms. The summed E-state index contributed by atoms with van der Waals surface area (Å²) in [6, 6.07) is 9.68. The summed E-state index contributed by atoms with van der Waals surface area (Å²) in [5, 5.41) is 1.46. The maximum Gasteiger partial charge on any atom is 0.340 e. The number of rotatable bonds is 6. The van der Waals surface area contributed by atoms with Gasteiger partial charge in [0.25, 0.3) is 0 Å². The van der Waals surface area contributed by atoms with Gasteiger partial charge in [-0.2, -0.15) is 8.78 Å². The standard InChI is InChI=1S/C17H14F4O3/c1-23-15(22)7-3-11-2-4-13-9-14(6-5-12(13)8-11)24-10-17(20,21)16(18)19/h2-9,16H,10H2,1H3. The third kappa shape index (κ3) is 4.47. The van der Waals surface area contributed by atoms with E-state index < -0.39 is 24.9 Å². The summed E-state index contributed by atoms with van der Waals surface area (Å²) in [5.74, 6) is -4.61. The van der Waals surface area contributed by atoms with Crippen LogP contribution >= 0.6 is 0 Å². The number of benzene rings is 2. The van der Waals surface area contributed by atoms with Gasteiger partial charge >= 0.3 is 18.3 Å². The Bertz CT molecular complexity index is 757. The van der Waals surface area contributed by atoms with Gasteiger partial charge in [0, 0.05) is 6.08 Å². The molecular formula is C17H14F4O3. The smallest absolute Gasteiger partial charge is 0.340 e. The highest BCUT2D eigenvalue weighted by molar-refractivity contribution is 5.90. The maximum atomic E-state index is 12.9. The van der Waals surface area contributed by atoms with Gasteiger partial charge in [-0.1, -0.05) is 18.2 Å². The summed E-state index contributed by atoms with van der Waals surface area (Å²) in [4.78, 5) is 11.1. The molecule has 0 aromatic heterocycles. The SMILES string of the molecule is COC(=O)C=Cc1ccc2cc(OCC(F)(F)C(F)F)ccc2c1. The van der Waals surface area contributed by atoms with Gasteiger partial charge in [0.2, 0.25) is 0 Å². The third-order valence-electron chi connectivity index (χ3n) is 3.20. The second kappa shape index (κ2) is 7.33. The normalized spacial score (nSPS) is 12.1. The van der Waals surface area contributed by atoms with Crippen LogP contribution in [0, 0.1) is 0 Å². The van der Waals surface area contributed by atoms with Crippen molar-refractivity contribution < 1.29 is 31.8 Å². The highest BCUT2D eigenvalue weighted by atomic mass is 19.3. The minimum absolute atomic E-state index is 0.0701. The van der Waals surface area contributed by atoms with Crippen LogP contribution in [-0.2, 0) is 9.53 Å². The van der Waals surface area contributed by atoms with Crippen LogP contribution < -0.4 is 4.74 Å². The number of alkyl halides is 4. The topological polar surface area (TPSA) is 35.5 Å². The molecule has 3 nitrogen and oxygen atoms in total. The molecule has 0 amide bonds. The zero-order valence-electron chi connectivity index (χ0n) is 12.6. The molecule has 0 N–H and O–H groups in total. The van der Waals surface area contributed by atoms with E-state index in [0.29, 0.717) is 5.39 Å². The number of ether oxygens (including phenoxy) is 2. The van der Waals surface area contributed by atoms with Crippen molar-refractivity contribution in [3.8, 4) is 5.75 Å². The lowest BCUT2D eigenvalue weighted by Gasteiger charge is -2.16. The molecule has 0 aliphatic rings. The lowest BCUT2D eigenvalue weighted by molar-refractivity contribution is -0.148. The molecule has 0 heterocycles. The first-order valence-electron chi connectivity index (χ1n) is 6.90. The number of carbonyl (C=O) groups excluding carboxylic acids is 1. The summed E-state index contributed by atoms with van der Waals surface area (Å²) in [7, 11) is 1.27.